The number of rotatable bonds is 5. The molecule has 0 bridgehead atoms. The number of nitrogens with zero attached hydrogens (tertiary/aromatic N) is 3. The highest BCUT2D eigenvalue weighted by Gasteiger charge is 2.13. The van der Waals surface area contributed by atoms with Crippen molar-refractivity contribution in [3.05, 3.63) is 103 Å². The summed E-state index contributed by atoms with van der Waals surface area (Å²) in [6.45, 7) is 4.43. The Kier molecular flexibility index (Phi) is 5.34. The van der Waals surface area contributed by atoms with Gasteiger partial charge in [0.05, 0.1) is 22.4 Å². The summed E-state index contributed by atoms with van der Waals surface area (Å²) < 4.78 is 5.91. The van der Waals surface area contributed by atoms with Crippen LogP contribution in [0.5, 0.6) is 0 Å². The fourth-order valence-corrected chi connectivity index (χ4v) is 4.42. The molecule has 2 heterocycles. The molecule has 6 aromatic rings. The first kappa shape index (κ1) is 21.2. The lowest BCUT2D eigenvalue weighted by molar-refractivity contribution is 0.620. The van der Waals surface area contributed by atoms with Gasteiger partial charge in [-0.15, -0.1) is 0 Å². The molecular formula is C31H25N3O. The van der Waals surface area contributed by atoms with Crippen molar-refractivity contribution in [1.29, 1.82) is 0 Å². The van der Waals surface area contributed by atoms with Crippen molar-refractivity contribution in [3.63, 3.8) is 0 Å². The Balaban J connectivity index is 1.31. The van der Waals surface area contributed by atoms with Crippen molar-refractivity contribution >= 4 is 22.1 Å². The lowest BCUT2D eigenvalue weighted by atomic mass is 9.98. The number of fused-ring (bicyclic) bond motifs is 2. The first-order valence-electron chi connectivity index (χ1n) is 12.0. The first-order chi connectivity index (χ1) is 17.1. The van der Waals surface area contributed by atoms with Gasteiger partial charge < -0.3 is 4.42 Å². The van der Waals surface area contributed by atoms with Crippen LogP contribution >= 0.6 is 0 Å². The van der Waals surface area contributed by atoms with Gasteiger partial charge in [-0.1, -0.05) is 74.5 Å². The lowest BCUT2D eigenvalue weighted by Crippen LogP contribution is -2.03. The SMILES string of the molecule is CC(C)Cc1nc2ccccc2nc1-c1ccc(-c2ccc(-c3nc4ccccc4o3)cc2)cc1. The van der Waals surface area contributed by atoms with E-state index >= 15 is 0 Å². The van der Waals surface area contributed by atoms with Crippen LogP contribution in [0.25, 0.3) is 56.0 Å². The second-order valence-electron chi connectivity index (χ2n) is 9.25. The molecule has 4 nitrogen and oxygen atoms in total. The minimum Gasteiger partial charge on any atom is -0.436 e. The number of hydrogen-bond acceptors (Lipinski definition) is 4. The molecule has 0 fully saturated rings. The van der Waals surface area contributed by atoms with Crippen molar-refractivity contribution < 1.29 is 4.42 Å². The fraction of sp³-hybridized carbons (Fsp3) is 0.129. The summed E-state index contributed by atoms with van der Waals surface area (Å²) in [7, 11) is 0. The van der Waals surface area contributed by atoms with Crippen LogP contribution in [0.4, 0.5) is 0 Å². The van der Waals surface area contributed by atoms with Crippen LogP contribution in [0, 0.1) is 5.92 Å². The predicted molar refractivity (Wildman–Crippen MR) is 142 cm³/mol. The van der Waals surface area contributed by atoms with E-state index in [1.807, 2.05) is 48.5 Å². The van der Waals surface area contributed by atoms with Gasteiger partial charge in [-0.25, -0.2) is 15.0 Å². The summed E-state index contributed by atoms with van der Waals surface area (Å²) in [4.78, 5) is 14.5. The molecule has 0 N–H and O–H groups in total. The Bertz CT molecular complexity index is 1600. The van der Waals surface area contributed by atoms with E-state index in [1.54, 1.807) is 0 Å². The van der Waals surface area contributed by atoms with Crippen LogP contribution in [-0.2, 0) is 6.42 Å². The molecule has 170 valence electrons. The molecular weight excluding hydrogens is 430 g/mol. The van der Waals surface area contributed by atoms with E-state index < -0.39 is 0 Å². The second kappa shape index (κ2) is 8.80. The highest BCUT2D eigenvalue weighted by atomic mass is 16.3. The maximum atomic E-state index is 5.91. The summed E-state index contributed by atoms with van der Waals surface area (Å²) in [5, 5.41) is 0. The average Bonchev–Trinajstić information content (AvgIpc) is 3.33. The van der Waals surface area contributed by atoms with Crippen LogP contribution in [0.2, 0.25) is 0 Å². The van der Waals surface area contributed by atoms with Crippen molar-refractivity contribution in [2.24, 2.45) is 5.92 Å². The van der Waals surface area contributed by atoms with Gasteiger partial charge in [0, 0.05) is 11.1 Å². The van der Waals surface area contributed by atoms with Gasteiger partial charge in [0.1, 0.15) is 5.52 Å². The summed E-state index contributed by atoms with van der Waals surface area (Å²) >= 11 is 0. The van der Waals surface area contributed by atoms with E-state index in [2.05, 4.69) is 67.4 Å². The highest BCUT2D eigenvalue weighted by Crippen LogP contribution is 2.30. The summed E-state index contributed by atoms with van der Waals surface area (Å²) in [5.41, 5.74) is 9.91. The Labute approximate surface area is 204 Å². The van der Waals surface area contributed by atoms with Gasteiger partial charge in [-0.05, 0) is 59.9 Å². The maximum Gasteiger partial charge on any atom is 0.227 e. The molecule has 0 aliphatic carbocycles. The molecule has 0 saturated heterocycles. The normalized spacial score (nSPS) is 11.5. The minimum absolute atomic E-state index is 0.503. The van der Waals surface area contributed by atoms with Crippen molar-refractivity contribution in [3.8, 4) is 33.8 Å². The van der Waals surface area contributed by atoms with Crippen LogP contribution in [0.3, 0.4) is 0 Å². The maximum absolute atomic E-state index is 5.91. The Morgan fingerprint density at radius 1 is 0.571 bits per heavy atom. The summed E-state index contributed by atoms with van der Waals surface area (Å²) in [6, 6.07) is 32.8. The number of oxazole rings is 1. The molecule has 0 saturated carbocycles. The molecule has 0 atom stereocenters. The number of benzene rings is 4. The zero-order valence-electron chi connectivity index (χ0n) is 19.8. The Hall–Kier alpha value is -4.31. The van der Waals surface area contributed by atoms with Crippen LogP contribution < -0.4 is 0 Å². The largest absolute Gasteiger partial charge is 0.436 e. The molecule has 0 aliphatic heterocycles. The molecule has 4 aromatic carbocycles. The monoisotopic (exact) mass is 455 g/mol. The summed E-state index contributed by atoms with van der Waals surface area (Å²) in [5.74, 6) is 1.14. The average molecular weight is 456 g/mol. The predicted octanol–water partition coefficient (Wildman–Crippen LogP) is 7.97. The van der Waals surface area contributed by atoms with Crippen LogP contribution in [0.1, 0.15) is 19.5 Å². The molecule has 0 unspecified atom stereocenters. The van der Waals surface area contributed by atoms with Crippen LogP contribution in [0.15, 0.2) is 101 Å². The Morgan fingerprint density at radius 2 is 1.11 bits per heavy atom. The van der Waals surface area contributed by atoms with E-state index in [4.69, 9.17) is 14.4 Å². The van der Waals surface area contributed by atoms with E-state index in [9.17, 15) is 0 Å². The number of hydrogen-bond donors (Lipinski definition) is 0. The molecule has 4 heteroatoms. The van der Waals surface area contributed by atoms with E-state index in [0.29, 0.717) is 11.8 Å². The Morgan fingerprint density at radius 3 is 1.74 bits per heavy atom. The smallest absolute Gasteiger partial charge is 0.227 e. The number of aromatic nitrogens is 3. The van der Waals surface area contributed by atoms with E-state index in [0.717, 1.165) is 62.2 Å². The van der Waals surface area contributed by atoms with Crippen LogP contribution in [-0.4, -0.2) is 15.0 Å². The zero-order valence-corrected chi connectivity index (χ0v) is 19.8. The zero-order chi connectivity index (χ0) is 23.8. The minimum atomic E-state index is 0.503. The quantitative estimate of drug-likeness (QED) is 0.264. The van der Waals surface area contributed by atoms with Crippen molar-refractivity contribution in [2.45, 2.75) is 20.3 Å². The van der Waals surface area contributed by atoms with E-state index in [-0.39, 0.29) is 0 Å². The third-order valence-electron chi connectivity index (χ3n) is 6.16. The van der Waals surface area contributed by atoms with E-state index in [1.165, 1.54) is 0 Å². The first-order valence-corrected chi connectivity index (χ1v) is 12.0. The van der Waals surface area contributed by atoms with Crippen molar-refractivity contribution in [1.82, 2.24) is 15.0 Å². The molecule has 35 heavy (non-hydrogen) atoms. The molecule has 6 rings (SSSR count). The van der Waals surface area contributed by atoms with Gasteiger partial charge in [-0.3, -0.25) is 0 Å². The van der Waals surface area contributed by atoms with Gasteiger partial charge in [0.2, 0.25) is 5.89 Å². The van der Waals surface area contributed by atoms with Gasteiger partial charge >= 0.3 is 0 Å². The van der Waals surface area contributed by atoms with Gasteiger partial charge in [-0.2, -0.15) is 0 Å². The standard InChI is InChI=1S/C31H25N3O/c1-20(2)19-28-30(33-26-8-4-3-7-25(26)32-28)23-15-11-21(12-16-23)22-13-17-24(18-14-22)31-34-27-9-5-6-10-29(27)35-31/h3-18,20H,19H2,1-2H3. The molecule has 0 aliphatic rings. The molecule has 2 aromatic heterocycles. The molecule has 0 spiro atoms. The fourth-order valence-electron chi connectivity index (χ4n) is 4.42. The lowest BCUT2D eigenvalue weighted by Gasteiger charge is -2.12. The van der Waals surface area contributed by atoms with Crippen molar-refractivity contribution in [2.75, 3.05) is 0 Å². The topological polar surface area (TPSA) is 51.8 Å². The highest BCUT2D eigenvalue weighted by molar-refractivity contribution is 5.80. The third kappa shape index (κ3) is 4.19. The summed E-state index contributed by atoms with van der Waals surface area (Å²) in [6.07, 6.45) is 0.895. The van der Waals surface area contributed by atoms with Gasteiger partial charge in [0.25, 0.3) is 0 Å². The second-order valence-corrected chi connectivity index (χ2v) is 9.25. The van der Waals surface area contributed by atoms with Gasteiger partial charge in [0.15, 0.2) is 5.58 Å². The number of para-hydroxylation sites is 4. The molecule has 0 radical (unpaired) electrons. The third-order valence-corrected chi connectivity index (χ3v) is 6.16. The molecule has 0 amide bonds.